The Balaban J connectivity index is -0.000000378. The summed E-state index contributed by atoms with van der Waals surface area (Å²) < 4.78 is 48.4. The molecular weight excluding hydrogens is 794 g/mol. The smallest absolute Gasteiger partial charge is 0.456 e. The Morgan fingerprint density at radius 1 is 0.643 bits per heavy atom. The maximum atomic E-state index is 12.8. The fourth-order valence-corrected chi connectivity index (χ4v) is 6.68. The summed E-state index contributed by atoms with van der Waals surface area (Å²) in [5.74, 6) is 21.7. The van der Waals surface area contributed by atoms with Crippen LogP contribution in [0.4, 0.5) is 0 Å². The van der Waals surface area contributed by atoms with E-state index in [-0.39, 0.29) is 32.8 Å². The third-order valence-corrected chi connectivity index (χ3v) is 9.40. The molecule has 4 unspecified atom stereocenters. The number of rotatable bonds is 24. The van der Waals surface area contributed by atoms with Crippen LogP contribution in [-0.2, 0) is 41.8 Å². The molecule has 1 aliphatic rings. The van der Waals surface area contributed by atoms with Crippen LogP contribution in [0, 0.1) is 59.2 Å². The van der Waals surface area contributed by atoms with Gasteiger partial charge in [-0.2, -0.15) is 13.5 Å². The largest absolute Gasteiger partial charge is 0.472 e. The van der Waals surface area contributed by atoms with E-state index < -0.39 is 83.5 Å². The highest BCUT2D eigenvalue weighted by Gasteiger charge is 2.54. The molecule has 0 heterocycles. The third-order valence-electron chi connectivity index (χ3n) is 7.89. The van der Waals surface area contributed by atoms with E-state index in [1.807, 2.05) is 0 Å². The van der Waals surface area contributed by atoms with Crippen molar-refractivity contribution in [3.05, 3.63) is 0 Å². The van der Waals surface area contributed by atoms with Gasteiger partial charge in [-0.25, -0.2) is 13.9 Å². The number of ether oxygens (including phenoxy) is 2. The van der Waals surface area contributed by atoms with Crippen LogP contribution in [0.1, 0.15) is 117 Å². The maximum absolute atomic E-state index is 12.8. The molecule has 56 heavy (non-hydrogen) atoms. The Kier molecular flexibility index (Phi) is 28.7. The lowest BCUT2D eigenvalue weighted by Crippen LogP contribution is -2.64. The number of phosphoric ester groups is 2. The van der Waals surface area contributed by atoms with Crippen LogP contribution in [0.25, 0.3) is 0 Å². The molecule has 0 saturated heterocycles. The summed E-state index contributed by atoms with van der Waals surface area (Å²) in [5, 5.41) is 40.9. The molecule has 0 spiro atoms. The fourth-order valence-electron chi connectivity index (χ4n) is 5.14. The second-order valence-electron chi connectivity index (χ2n) is 12.4. The molecule has 1 fully saturated rings. The quantitative estimate of drug-likeness (QED) is 0.0228. The molecule has 0 amide bonds. The van der Waals surface area contributed by atoms with E-state index in [0.29, 0.717) is 6.42 Å². The monoisotopic (exact) mass is 866 g/mol. The molecule has 0 aliphatic heterocycles. The van der Waals surface area contributed by atoms with E-state index in [1.54, 1.807) is 6.92 Å². The molecule has 0 radical (unpaired) electrons. The molecule has 8 atom stereocenters. The van der Waals surface area contributed by atoms with Crippen LogP contribution in [0.3, 0.4) is 0 Å². The van der Waals surface area contributed by atoms with Crippen molar-refractivity contribution in [1.82, 2.24) is 0 Å². The van der Waals surface area contributed by atoms with Crippen molar-refractivity contribution in [2.24, 2.45) is 0 Å². The highest BCUT2D eigenvalue weighted by Crippen LogP contribution is 2.49. The van der Waals surface area contributed by atoms with E-state index in [9.17, 15) is 44.0 Å². The molecule has 0 aromatic heterocycles. The van der Waals surface area contributed by atoms with E-state index in [4.69, 9.17) is 28.3 Å². The minimum atomic E-state index is -5.38. The number of hydrogen-bond acceptors (Lipinski definition) is 13. The van der Waals surface area contributed by atoms with Gasteiger partial charge in [0.05, 0.1) is 6.61 Å². The standard InChI is InChI=1S/C37H52O16P2.H2S.9H2/c1-3-5-7-9-11-13-14-15-16-18-20-22-24-26-31(39)51-29(27-49-30(38)25-23-21-19-17-12-10-8-6-4-2)28-50-55(47,48)53-37-34(42)32(40)33(41)36(35(37)43)52-54(44,45)46;;;;;;;;;;/h29,32-37,40-43H,3,5,7,9,11,13-16,18,20,22,24,26-28H2,1-2H3,(H,47,48)(H2,44,45,46);1H2;9*1H/t29-,32-,33+,34?,35+,36?,37?;;;;;;;;;;/m1........../s1. The molecule has 0 bridgehead atoms. The minimum absolute atomic E-state index is 0. The third kappa shape index (κ3) is 24.7. The number of carbonyl (C=O) groups excluding carboxylic acids is 2. The van der Waals surface area contributed by atoms with Gasteiger partial charge in [0.1, 0.15) is 43.2 Å². The zero-order valence-electron chi connectivity index (χ0n) is 31.6. The molecule has 1 aliphatic carbocycles. The van der Waals surface area contributed by atoms with Crippen LogP contribution in [0.15, 0.2) is 0 Å². The fraction of sp³-hybridized carbons (Fsp3) is 0.676. The highest BCUT2D eigenvalue weighted by atomic mass is 32.1. The average molecular weight is 867 g/mol. The lowest BCUT2D eigenvalue weighted by atomic mass is 9.85. The molecular formula is C37H72O16P2S. The first-order chi connectivity index (χ1) is 26.1. The Hall–Kier alpha value is -2.85. The van der Waals surface area contributed by atoms with Crippen molar-refractivity contribution in [2.75, 3.05) is 13.2 Å². The van der Waals surface area contributed by atoms with Gasteiger partial charge in [-0.05, 0) is 60.7 Å². The van der Waals surface area contributed by atoms with Gasteiger partial charge in [-0.1, -0.05) is 89.9 Å². The van der Waals surface area contributed by atoms with Crippen molar-refractivity contribution in [1.29, 1.82) is 0 Å². The first-order valence-corrected chi connectivity index (χ1v) is 21.0. The SMILES string of the molecule is CC#CC#CC#CC#CC#CC(=O)OC[C@H](COP(=O)(O)OC1C(O)[C@H](O)[C@H](O)C(OP(=O)(O)O)[C@@H]1O)OC(=O)CCCCCCCCCCCCCCC.S.[HH].[HH].[HH].[HH].[HH].[HH].[HH].[HH].[HH]. The van der Waals surface area contributed by atoms with Gasteiger partial charge in [0.2, 0.25) is 0 Å². The molecule has 7 N–H and O–H groups in total. The summed E-state index contributed by atoms with van der Waals surface area (Å²) in [6, 6.07) is 0. The van der Waals surface area contributed by atoms with Crippen LogP contribution in [0.2, 0.25) is 0 Å². The number of carbonyl (C=O) groups is 2. The second kappa shape index (κ2) is 30.3. The maximum Gasteiger partial charge on any atom is 0.472 e. The summed E-state index contributed by atoms with van der Waals surface area (Å²) in [6.07, 6.45) is -0.967. The summed E-state index contributed by atoms with van der Waals surface area (Å²) in [5.41, 5.74) is 0. The van der Waals surface area contributed by atoms with Crippen LogP contribution in [-0.4, -0.2) is 103 Å². The van der Waals surface area contributed by atoms with E-state index in [1.165, 1.54) is 44.9 Å². The van der Waals surface area contributed by atoms with Gasteiger partial charge < -0.3 is 44.6 Å². The van der Waals surface area contributed by atoms with Crippen molar-refractivity contribution >= 4 is 41.1 Å². The van der Waals surface area contributed by atoms with Gasteiger partial charge >= 0.3 is 27.6 Å². The zero-order chi connectivity index (χ0) is 41.1. The van der Waals surface area contributed by atoms with Crippen LogP contribution in [0.5, 0.6) is 0 Å². The van der Waals surface area contributed by atoms with E-state index >= 15 is 0 Å². The predicted octanol–water partition coefficient (Wildman–Crippen LogP) is 4.72. The average Bonchev–Trinajstić information content (AvgIpc) is 3.13. The van der Waals surface area contributed by atoms with Crippen molar-refractivity contribution in [2.45, 2.75) is 146 Å². The number of esters is 2. The summed E-state index contributed by atoms with van der Waals surface area (Å²) >= 11 is 0. The lowest BCUT2D eigenvalue weighted by molar-refractivity contribution is -0.216. The molecule has 0 aromatic rings. The first-order valence-electron chi connectivity index (χ1n) is 18.0. The highest BCUT2D eigenvalue weighted by molar-refractivity contribution is 7.59. The molecule has 1 rings (SSSR count). The van der Waals surface area contributed by atoms with E-state index in [0.717, 1.165) is 32.1 Å². The number of aliphatic hydroxyl groups is 4. The van der Waals surface area contributed by atoms with Gasteiger partial charge in [0.15, 0.2) is 6.10 Å². The molecule has 332 valence electrons. The summed E-state index contributed by atoms with van der Waals surface area (Å²) in [7, 11) is -10.7. The van der Waals surface area contributed by atoms with Crippen LogP contribution >= 0.6 is 29.1 Å². The molecule has 19 heteroatoms. The Morgan fingerprint density at radius 2 is 1.11 bits per heavy atom. The van der Waals surface area contributed by atoms with Gasteiger partial charge in [-0.15, -0.1) is 0 Å². The van der Waals surface area contributed by atoms with Crippen molar-refractivity contribution < 1.29 is 89.7 Å². The van der Waals surface area contributed by atoms with Crippen molar-refractivity contribution in [3.63, 3.8) is 0 Å². The Morgan fingerprint density at radius 3 is 1.61 bits per heavy atom. The number of unbranched alkanes of at least 4 members (excludes halogenated alkanes) is 12. The first kappa shape index (κ1) is 53.1. The van der Waals surface area contributed by atoms with Crippen LogP contribution < -0.4 is 0 Å². The summed E-state index contributed by atoms with van der Waals surface area (Å²) in [6.45, 7) is 2.15. The summed E-state index contributed by atoms with van der Waals surface area (Å²) in [4.78, 5) is 53.4. The minimum Gasteiger partial charge on any atom is -0.456 e. The Labute approximate surface area is 349 Å². The van der Waals surface area contributed by atoms with Gasteiger partial charge in [-0.3, -0.25) is 18.4 Å². The Bertz CT molecular complexity index is 1650. The van der Waals surface area contributed by atoms with Gasteiger partial charge in [0.25, 0.3) is 0 Å². The van der Waals surface area contributed by atoms with E-state index in [2.05, 4.69) is 70.7 Å². The normalized spacial score (nSPS) is 21.4. The molecule has 0 aromatic carbocycles. The number of phosphoric acid groups is 2. The second-order valence-corrected chi connectivity index (χ2v) is 15.0. The zero-order valence-corrected chi connectivity index (χ0v) is 34.3. The van der Waals surface area contributed by atoms with Crippen molar-refractivity contribution in [3.8, 4) is 59.2 Å². The number of aliphatic hydroxyl groups excluding tert-OH is 4. The lowest BCUT2D eigenvalue weighted by Gasteiger charge is -2.43. The number of hydrogen-bond donors (Lipinski definition) is 7. The molecule has 1 saturated carbocycles. The van der Waals surface area contributed by atoms with Gasteiger partial charge in [0, 0.05) is 25.2 Å². The molecule has 16 nitrogen and oxygen atoms in total. The topological polar surface area (TPSA) is 256 Å². The predicted molar refractivity (Wildman–Crippen MR) is 227 cm³/mol.